The molecule has 17 heavy (non-hydrogen) atoms. The number of thiocarbonyl (C=S) groups is 2. The minimum atomic E-state index is -0.500. The zero-order valence-electron chi connectivity index (χ0n) is 9.74. The molecule has 0 aromatic rings. The van der Waals surface area contributed by atoms with Gasteiger partial charge in [0.1, 0.15) is 0 Å². The third-order valence-electron chi connectivity index (χ3n) is 0. The molecule has 0 aliphatic heterocycles. The third-order valence-corrected chi connectivity index (χ3v) is 0. The van der Waals surface area contributed by atoms with Gasteiger partial charge in [0.05, 0.1) is 0 Å². The van der Waals surface area contributed by atoms with Crippen LogP contribution in [0.5, 0.6) is 0 Å². The largest absolute Gasteiger partial charge is 0.487 e. The van der Waals surface area contributed by atoms with E-state index in [0.29, 0.717) is 0 Å². The molecule has 0 rings (SSSR count). The van der Waals surface area contributed by atoms with Crippen LogP contribution in [-0.2, 0) is 0 Å². The number of allylic oxidation sites excluding steroid dienone is 2. The quantitative estimate of drug-likeness (QED) is 0.197. The van der Waals surface area contributed by atoms with Gasteiger partial charge in [-0.2, -0.15) is 0 Å². The Morgan fingerprint density at radius 1 is 1.12 bits per heavy atom. The Bertz CT molecular complexity index is 167. The number of hydrogen-bond acceptors (Lipinski definition) is 4. The molecule has 0 aliphatic carbocycles. The molecule has 0 atom stereocenters. The van der Waals surface area contributed by atoms with Crippen molar-refractivity contribution < 1.29 is 15.4 Å². The molecule has 0 unspecified atom stereocenters. The van der Waals surface area contributed by atoms with Crippen LogP contribution in [0.25, 0.3) is 0 Å². The summed E-state index contributed by atoms with van der Waals surface area (Å²) in [6.45, 7) is 10.5. The average Bonchev–Trinajstić information content (AvgIpc) is 2.03. The average molecular weight is 285 g/mol. The Morgan fingerprint density at radius 2 is 1.12 bits per heavy atom. The number of nitrogens with zero attached hydrogens (tertiary/aromatic N) is 1. The fourth-order valence-corrected chi connectivity index (χ4v) is 0. The second-order valence-electron chi connectivity index (χ2n) is 1.57. The summed E-state index contributed by atoms with van der Waals surface area (Å²) in [6.07, 6.45) is 3.50. The van der Waals surface area contributed by atoms with Crippen LogP contribution in [0.1, 0.15) is 13.8 Å². The van der Waals surface area contributed by atoms with Crippen LogP contribution in [0.3, 0.4) is 0 Å². The first-order valence-electron chi connectivity index (χ1n) is 3.79. The minimum absolute atomic E-state index is 0.500. The molecule has 0 aliphatic rings. The number of aliphatic hydroxyl groups excluding tert-OH is 2. The summed E-state index contributed by atoms with van der Waals surface area (Å²) in [4.78, 5) is 8.11. The highest BCUT2D eigenvalue weighted by Crippen LogP contribution is 1.40. The van der Waals surface area contributed by atoms with Crippen LogP contribution in [0, 0.1) is 4.91 Å². The first-order valence-corrected chi connectivity index (χ1v) is 4.60. The molecule has 0 radical (unpaired) electrons. The predicted octanol–water partition coefficient (Wildman–Crippen LogP) is 2.10. The van der Waals surface area contributed by atoms with Gasteiger partial charge in [-0.15, -0.1) is 18.1 Å². The second-order valence-corrected chi connectivity index (χ2v) is 2.41. The normalized spacial score (nSPS) is 5.06. The van der Waals surface area contributed by atoms with Gasteiger partial charge in [0.25, 0.3) is 10.3 Å². The van der Waals surface area contributed by atoms with Crippen LogP contribution in [0.2, 0.25) is 0 Å². The Hall–Kier alpha value is -1.74. The van der Waals surface area contributed by atoms with Gasteiger partial charge in [0.15, 0.2) is 5.34 Å². The zero-order chi connectivity index (χ0) is 15.3. The van der Waals surface area contributed by atoms with Crippen molar-refractivity contribution in [3.63, 3.8) is 0 Å². The van der Waals surface area contributed by atoms with Crippen LogP contribution >= 0.6 is 24.4 Å². The van der Waals surface area contributed by atoms with E-state index in [0.717, 1.165) is 0 Å². The lowest BCUT2D eigenvalue weighted by Gasteiger charge is -1.67. The molecular formula is C8H19N3O4S2. The van der Waals surface area contributed by atoms with E-state index in [1.807, 2.05) is 13.8 Å². The highest BCUT2D eigenvalue weighted by molar-refractivity contribution is 7.80. The van der Waals surface area contributed by atoms with E-state index in [1.165, 1.54) is 5.34 Å². The van der Waals surface area contributed by atoms with Crippen molar-refractivity contribution in [2.75, 3.05) is 0 Å². The van der Waals surface area contributed by atoms with Crippen molar-refractivity contribution in [2.24, 2.45) is 16.8 Å². The van der Waals surface area contributed by atoms with Gasteiger partial charge in [0, 0.05) is 0 Å². The van der Waals surface area contributed by atoms with Crippen molar-refractivity contribution in [1.82, 2.24) is 0 Å². The van der Waals surface area contributed by atoms with Crippen molar-refractivity contribution in [1.29, 1.82) is 0 Å². The number of aliphatic hydroxyl groups is 2. The first-order chi connectivity index (χ1) is 7.71. The summed E-state index contributed by atoms with van der Waals surface area (Å²) in [5.41, 5.74) is 8.80. The Morgan fingerprint density at radius 3 is 1.12 bits per heavy atom. The highest BCUT2D eigenvalue weighted by Gasteiger charge is 1.57. The van der Waals surface area contributed by atoms with E-state index < -0.39 is 10.3 Å². The lowest BCUT2D eigenvalue weighted by atomic mass is 10.8. The molecule has 9 heteroatoms. The van der Waals surface area contributed by atoms with Crippen molar-refractivity contribution in [3.05, 3.63) is 30.2 Å². The Kier molecular flexibility index (Phi) is 82.5. The van der Waals surface area contributed by atoms with E-state index in [9.17, 15) is 0 Å². The summed E-state index contributed by atoms with van der Waals surface area (Å²) < 4.78 is 0. The maximum Gasteiger partial charge on any atom is 0.251 e. The smallest absolute Gasteiger partial charge is 0.251 e. The van der Waals surface area contributed by atoms with Crippen molar-refractivity contribution in [2.45, 2.75) is 13.8 Å². The molecule has 0 aromatic heterocycles. The number of nitrogens with two attached hydrogens (primary N) is 2. The van der Waals surface area contributed by atoms with Crippen LogP contribution < -0.4 is 11.5 Å². The number of rotatable bonds is 0. The summed E-state index contributed by atoms with van der Waals surface area (Å²) in [6, 6.07) is 0. The maximum absolute atomic E-state index is 8.11. The van der Waals surface area contributed by atoms with E-state index in [2.05, 4.69) is 49.1 Å². The predicted molar refractivity (Wildman–Crippen MR) is 78.2 cm³/mol. The van der Waals surface area contributed by atoms with Gasteiger partial charge >= 0.3 is 0 Å². The molecule has 7 N–H and O–H groups in total. The molecule has 7 nitrogen and oxygen atoms in total. The SMILES string of the molecule is C=CC.C=CC.NC(O)=S.NC(O)=S.O=NO. The molecule has 102 valence electrons. The minimum Gasteiger partial charge on any atom is -0.487 e. The molecule has 0 fully saturated rings. The third kappa shape index (κ3) is 708. The van der Waals surface area contributed by atoms with Crippen LogP contribution in [0.4, 0.5) is 0 Å². The van der Waals surface area contributed by atoms with E-state index in [1.54, 1.807) is 12.2 Å². The lowest BCUT2D eigenvalue weighted by molar-refractivity contribution is 0.312. The molecule has 0 aromatic carbocycles. The summed E-state index contributed by atoms with van der Waals surface area (Å²) in [5, 5.41) is 22.0. The fourth-order valence-electron chi connectivity index (χ4n) is 0. The Balaban J connectivity index is -0.0000000356. The molecular weight excluding hydrogens is 266 g/mol. The molecule has 0 saturated heterocycles. The van der Waals surface area contributed by atoms with E-state index >= 15 is 0 Å². The monoisotopic (exact) mass is 285 g/mol. The van der Waals surface area contributed by atoms with Crippen molar-refractivity contribution >= 4 is 34.8 Å². The molecule has 0 spiro atoms. The zero-order valence-corrected chi connectivity index (χ0v) is 11.4. The van der Waals surface area contributed by atoms with E-state index in [4.69, 9.17) is 20.3 Å². The Labute approximate surface area is 111 Å². The van der Waals surface area contributed by atoms with Gasteiger partial charge < -0.3 is 26.9 Å². The van der Waals surface area contributed by atoms with Gasteiger partial charge in [-0.3, -0.25) is 0 Å². The van der Waals surface area contributed by atoms with E-state index in [-0.39, 0.29) is 0 Å². The second kappa shape index (κ2) is 47.6. The molecule has 0 saturated carbocycles. The summed E-state index contributed by atoms with van der Waals surface area (Å²) in [7, 11) is 0. The van der Waals surface area contributed by atoms with Gasteiger partial charge in [0.2, 0.25) is 0 Å². The summed E-state index contributed by atoms with van der Waals surface area (Å²) in [5.74, 6) is 0. The maximum atomic E-state index is 8.11. The van der Waals surface area contributed by atoms with Gasteiger partial charge in [-0.1, -0.05) is 12.2 Å². The molecule has 0 amide bonds. The van der Waals surface area contributed by atoms with Crippen LogP contribution in [0.15, 0.2) is 30.7 Å². The van der Waals surface area contributed by atoms with Gasteiger partial charge in [-0.05, 0) is 38.3 Å². The molecule has 0 bridgehead atoms. The van der Waals surface area contributed by atoms with Gasteiger partial charge in [-0.25, -0.2) is 0 Å². The first kappa shape index (κ1) is 29.5. The lowest BCUT2D eigenvalue weighted by Crippen LogP contribution is -2.03. The fraction of sp³-hybridized carbons (Fsp3) is 0.250. The standard InChI is InChI=1S/2C3H6.2CH3NOS.HNO2/c2*1-3-2;2*2-1(3)4;2-1-3/h2*3H,1H2,2H3;2*(H3,2,3,4);(H,2,3). The highest BCUT2D eigenvalue weighted by atomic mass is 32.1. The van der Waals surface area contributed by atoms with Crippen molar-refractivity contribution in [3.8, 4) is 0 Å². The van der Waals surface area contributed by atoms with Crippen LogP contribution in [-0.4, -0.2) is 25.8 Å². The molecule has 0 heterocycles. The summed E-state index contributed by atoms with van der Waals surface area (Å²) >= 11 is 7.74. The number of hydrogen-bond donors (Lipinski definition) is 5. The topological polar surface area (TPSA) is 142 Å².